The van der Waals surface area contributed by atoms with Crippen LogP contribution in [0.5, 0.6) is 0 Å². The van der Waals surface area contributed by atoms with Gasteiger partial charge in [0.25, 0.3) is 0 Å². The summed E-state index contributed by atoms with van der Waals surface area (Å²) in [4.78, 5) is 33.3. The highest BCUT2D eigenvalue weighted by atomic mass is 16.5. The summed E-state index contributed by atoms with van der Waals surface area (Å²) in [5.41, 5.74) is 3.53. The third-order valence-electron chi connectivity index (χ3n) is 6.64. The first-order valence-corrected chi connectivity index (χ1v) is 12.1. The lowest BCUT2D eigenvalue weighted by Crippen LogP contribution is -2.31. The van der Waals surface area contributed by atoms with Gasteiger partial charge < -0.3 is 24.0 Å². The van der Waals surface area contributed by atoms with E-state index in [0.29, 0.717) is 31.3 Å². The molecular formula is C24H32N10O2. The number of nitrogens with one attached hydrogen (secondary N) is 1. The molecule has 5 heterocycles. The number of likely N-dealkylation sites (N-methyl/N-ethyl adjacent to an activating group) is 1. The highest BCUT2D eigenvalue weighted by Gasteiger charge is 2.29. The van der Waals surface area contributed by atoms with Crippen LogP contribution in [0, 0.1) is 13.8 Å². The highest BCUT2D eigenvalue weighted by molar-refractivity contribution is 5.83. The van der Waals surface area contributed by atoms with Crippen molar-refractivity contribution in [2.45, 2.75) is 26.3 Å². The molecule has 1 atom stereocenters. The topological polar surface area (TPSA) is 125 Å². The molecule has 0 bridgehead atoms. The Morgan fingerprint density at radius 2 is 1.97 bits per heavy atom. The van der Waals surface area contributed by atoms with Crippen molar-refractivity contribution in [1.82, 2.24) is 40.0 Å². The smallest absolute Gasteiger partial charge is 0.225 e. The number of hydrogen-bond acceptors (Lipinski definition) is 11. The first kappa shape index (κ1) is 24.1. The van der Waals surface area contributed by atoms with Crippen LogP contribution >= 0.6 is 0 Å². The minimum absolute atomic E-state index is 0.00690. The molecule has 0 aromatic carbocycles. The van der Waals surface area contributed by atoms with Gasteiger partial charge in [-0.2, -0.15) is 0 Å². The number of H-pyrrole nitrogens is 1. The molecule has 4 aromatic heterocycles. The Labute approximate surface area is 209 Å². The average Bonchev–Trinajstić information content (AvgIpc) is 3.43. The predicted molar refractivity (Wildman–Crippen MR) is 135 cm³/mol. The van der Waals surface area contributed by atoms with Crippen LogP contribution in [0.1, 0.15) is 28.8 Å². The van der Waals surface area contributed by atoms with E-state index < -0.39 is 0 Å². The number of methoxy groups -OCH3 is 1. The van der Waals surface area contributed by atoms with E-state index >= 15 is 0 Å². The van der Waals surface area contributed by atoms with Crippen molar-refractivity contribution in [3.05, 3.63) is 47.6 Å². The zero-order valence-corrected chi connectivity index (χ0v) is 21.2. The molecule has 0 saturated carbocycles. The van der Waals surface area contributed by atoms with Crippen molar-refractivity contribution >= 4 is 22.9 Å². The number of aryl methyl sites for hydroxylation is 2. The number of aromatic amines is 1. The summed E-state index contributed by atoms with van der Waals surface area (Å²) in [6, 6.07) is 1.83. The van der Waals surface area contributed by atoms with E-state index in [4.69, 9.17) is 19.2 Å². The number of nitrogens with zero attached hydrogens (tertiary/aromatic N) is 9. The second-order valence-electron chi connectivity index (χ2n) is 9.15. The Morgan fingerprint density at radius 3 is 2.72 bits per heavy atom. The first-order valence-electron chi connectivity index (χ1n) is 12.1. The van der Waals surface area contributed by atoms with Crippen molar-refractivity contribution in [2.75, 3.05) is 63.3 Å². The van der Waals surface area contributed by atoms with Crippen LogP contribution in [0.2, 0.25) is 0 Å². The van der Waals surface area contributed by atoms with Gasteiger partial charge in [-0.25, -0.2) is 24.9 Å². The largest absolute Gasteiger partial charge is 0.383 e. The summed E-state index contributed by atoms with van der Waals surface area (Å²) in [6.07, 6.45) is 5.22. The zero-order chi connectivity index (χ0) is 25.1. The molecule has 1 saturated heterocycles. The summed E-state index contributed by atoms with van der Waals surface area (Å²) in [7, 11) is 3.71. The molecular weight excluding hydrogens is 460 g/mol. The van der Waals surface area contributed by atoms with E-state index in [1.165, 1.54) is 0 Å². The number of hydrogen-bond donors (Lipinski definition) is 1. The lowest BCUT2D eigenvalue weighted by atomic mass is 10.1. The average molecular weight is 493 g/mol. The second-order valence-corrected chi connectivity index (χ2v) is 9.15. The van der Waals surface area contributed by atoms with Gasteiger partial charge in [-0.3, -0.25) is 4.90 Å². The van der Waals surface area contributed by atoms with E-state index in [0.717, 1.165) is 60.4 Å². The van der Waals surface area contributed by atoms with E-state index in [1.807, 2.05) is 27.0 Å². The Balaban J connectivity index is 1.50. The number of fused-ring (bicyclic) bond motifs is 1. The molecule has 1 aliphatic heterocycles. The molecule has 1 aliphatic rings. The van der Waals surface area contributed by atoms with Crippen LogP contribution in [0.15, 0.2) is 29.3 Å². The molecule has 0 radical (unpaired) electrons. The normalized spacial score (nSPS) is 17.0. The number of rotatable bonds is 8. The van der Waals surface area contributed by atoms with Crippen LogP contribution in [0.4, 0.5) is 11.8 Å². The van der Waals surface area contributed by atoms with Gasteiger partial charge in [-0.05, 0) is 19.9 Å². The summed E-state index contributed by atoms with van der Waals surface area (Å²) in [6.45, 7) is 9.08. The third-order valence-corrected chi connectivity index (χ3v) is 6.64. The minimum Gasteiger partial charge on any atom is -0.383 e. The van der Waals surface area contributed by atoms with Gasteiger partial charge in [0.05, 0.1) is 18.6 Å². The standard InChI is InChI=1S/C24H32N10O2/c1-16-19(17(2)36-31-16)14-33-8-9-34(24-25-6-5-7-26-24)13-18(12-33)21-29-22-20(27-15-28-22)23(30-21)32(3)10-11-35-4/h5-7,15,18H,8-14H2,1-4H3,(H,27,28,29,30). The van der Waals surface area contributed by atoms with Crippen LogP contribution < -0.4 is 9.80 Å². The zero-order valence-electron chi connectivity index (χ0n) is 21.2. The Kier molecular flexibility index (Phi) is 7.05. The molecule has 0 aliphatic carbocycles. The fourth-order valence-electron chi connectivity index (χ4n) is 4.60. The third kappa shape index (κ3) is 5.00. The van der Waals surface area contributed by atoms with Gasteiger partial charge in [-0.15, -0.1) is 0 Å². The molecule has 36 heavy (non-hydrogen) atoms. The van der Waals surface area contributed by atoms with Gasteiger partial charge in [0, 0.05) is 77.3 Å². The number of aromatic nitrogens is 7. The Bertz CT molecular complexity index is 1270. The van der Waals surface area contributed by atoms with Gasteiger partial charge in [0.15, 0.2) is 11.5 Å². The summed E-state index contributed by atoms with van der Waals surface area (Å²) in [5, 5.41) is 4.14. The highest BCUT2D eigenvalue weighted by Crippen LogP contribution is 2.27. The van der Waals surface area contributed by atoms with E-state index in [9.17, 15) is 0 Å². The van der Waals surface area contributed by atoms with E-state index in [2.05, 4.69) is 39.8 Å². The fraction of sp³-hybridized carbons (Fsp3) is 0.500. The van der Waals surface area contributed by atoms with E-state index in [-0.39, 0.29) is 5.92 Å². The molecule has 190 valence electrons. The van der Waals surface area contributed by atoms with E-state index in [1.54, 1.807) is 25.8 Å². The maximum atomic E-state index is 5.42. The lowest BCUT2D eigenvalue weighted by Gasteiger charge is -2.25. The maximum absolute atomic E-state index is 5.42. The Hall–Kier alpha value is -3.64. The lowest BCUT2D eigenvalue weighted by molar-refractivity contribution is 0.206. The molecule has 1 unspecified atom stereocenters. The second kappa shape index (κ2) is 10.5. The summed E-state index contributed by atoms with van der Waals surface area (Å²) < 4.78 is 10.7. The van der Waals surface area contributed by atoms with Crippen LogP contribution in [-0.4, -0.2) is 93.4 Å². The molecule has 0 spiro atoms. The molecule has 12 nitrogen and oxygen atoms in total. The molecule has 5 rings (SSSR count). The molecule has 12 heteroatoms. The van der Waals surface area contributed by atoms with Crippen LogP contribution in [-0.2, 0) is 11.3 Å². The molecule has 1 fully saturated rings. The molecule has 4 aromatic rings. The molecule has 1 N–H and O–H groups in total. The van der Waals surface area contributed by atoms with Crippen molar-refractivity contribution in [2.24, 2.45) is 0 Å². The van der Waals surface area contributed by atoms with Gasteiger partial charge in [0.2, 0.25) is 5.95 Å². The van der Waals surface area contributed by atoms with Crippen molar-refractivity contribution in [3.8, 4) is 0 Å². The monoisotopic (exact) mass is 492 g/mol. The van der Waals surface area contributed by atoms with Crippen molar-refractivity contribution in [3.63, 3.8) is 0 Å². The number of ether oxygens (including phenoxy) is 1. The quantitative estimate of drug-likeness (QED) is 0.388. The van der Waals surface area contributed by atoms with Gasteiger partial charge in [-0.1, -0.05) is 5.16 Å². The van der Waals surface area contributed by atoms with Crippen LogP contribution in [0.25, 0.3) is 11.2 Å². The SMILES string of the molecule is COCCN(C)c1nc(C2CN(Cc3c(C)noc3C)CCN(c3ncccn3)C2)nc2nc[nH]c12. The predicted octanol–water partition coefficient (Wildman–Crippen LogP) is 1.94. The van der Waals surface area contributed by atoms with Crippen molar-refractivity contribution < 1.29 is 9.26 Å². The maximum Gasteiger partial charge on any atom is 0.225 e. The first-order chi connectivity index (χ1) is 17.5. The summed E-state index contributed by atoms with van der Waals surface area (Å²) >= 11 is 0. The number of anilines is 2. The summed E-state index contributed by atoms with van der Waals surface area (Å²) in [5.74, 6) is 3.13. The van der Waals surface area contributed by atoms with Crippen molar-refractivity contribution in [1.29, 1.82) is 0 Å². The van der Waals surface area contributed by atoms with Crippen LogP contribution in [0.3, 0.4) is 0 Å². The van der Waals surface area contributed by atoms with Gasteiger partial charge in [0.1, 0.15) is 17.1 Å². The Morgan fingerprint density at radius 1 is 1.14 bits per heavy atom. The molecule has 0 amide bonds. The number of imidazole rings is 1. The van der Waals surface area contributed by atoms with Gasteiger partial charge >= 0.3 is 0 Å². The minimum atomic E-state index is 0.00690. The fourth-order valence-corrected chi connectivity index (χ4v) is 4.60.